The molecule has 6 nitrogen and oxygen atoms in total. The minimum Gasteiger partial charge on any atom is -0.485 e. The second-order valence-electron chi connectivity index (χ2n) is 8.49. The second kappa shape index (κ2) is 8.11. The van der Waals surface area contributed by atoms with Crippen LogP contribution in [-0.4, -0.2) is 71.4 Å². The Kier molecular flexibility index (Phi) is 5.58. The van der Waals surface area contributed by atoms with Gasteiger partial charge >= 0.3 is 0 Å². The molecule has 2 amide bonds. The molecule has 1 spiro atoms. The zero-order valence-corrected chi connectivity index (χ0v) is 16.9. The molecular weight excluding hydrogens is 354 g/mol. The molecule has 1 aromatic rings. The van der Waals surface area contributed by atoms with Gasteiger partial charge in [-0.05, 0) is 25.3 Å². The van der Waals surface area contributed by atoms with Crippen molar-refractivity contribution in [1.29, 1.82) is 0 Å². The number of benzene rings is 1. The van der Waals surface area contributed by atoms with Gasteiger partial charge in [-0.15, -0.1) is 0 Å². The third-order valence-electron chi connectivity index (χ3n) is 6.42. The van der Waals surface area contributed by atoms with Crippen molar-refractivity contribution in [3.63, 3.8) is 0 Å². The number of hydrogen-bond acceptors (Lipinski definition) is 4. The van der Waals surface area contributed by atoms with Crippen molar-refractivity contribution < 1.29 is 14.3 Å². The normalized spacial score (nSPS) is 22.3. The quantitative estimate of drug-likeness (QED) is 0.784. The molecule has 6 heteroatoms. The van der Waals surface area contributed by atoms with E-state index in [0.717, 1.165) is 63.2 Å². The predicted octanol–water partition coefficient (Wildman–Crippen LogP) is 2.27. The first kappa shape index (κ1) is 19.2. The first-order chi connectivity index (χ1) is 13.5. The minimum absolute atomic E-state index is 0.0855. The van der Waals surface area contributed by atoms with Crippen molar-refractivity contribution in [2.75, 3.05) is 39.3 Å². The topological polar surface area (TPSA) is 53.1 Å². The Morgan fingerprint density at radius 1 is 1.00 bits per heavy atom. The molecule has 3 aliphatic rings. The summed E-state index contributed by atoms with van der Waals surface area (Å²) in [6.45, 7) is 6.82. The minimum atomic E-state index is -0.358. The standard InChI is InChI=1S/C22H31N3O3/c1-18(26)25-15-19-7-3-4-8-20(19)28-22(17-25)9-13-23(14-10-22)16-21(27)24-11-5-2-6-12-24/h3-4,7-8H,2,5-6,9-17H2,1H3. The van der Waals surface area contributed by atoms with Gasteiger partial charge in [0.15, 0.2) is 0 Å². The SMILES string of the molecule is CC(=O)N1Cc2ccccc2OC2(CCN(CC(=O)N3CCCCC3)CC2)C1. The highest BCUT2D eigenvalue weighted by Gasteiger charge is 2.41. The van der Waals surface area contributed by atoms with E-state index in [4.69, 9.17) is 4.74 Å². The van der Waals surface area contributed by atoms with E-state index >= 15 is 0 Å². The average Bonchev–Trinajstić information content (AvgIpc) is 2.87. The molecule has 0 saturated carbocycles. The van der Waals surface area contributed by atoms with E-state index in [-0.39, 0.29) is 17.4 Å². The summed E-state index contributed by atoms with van der Waals surface area (Å²) >= 11 is 0. The highest BCUT2D eigenvalue weighted by Crippen LogP contribution is 2.35. The predicted molar refractivity (Wildman–Crippen MR) is 107 cm³/mol. The van der Waals surface area contributed by atoms with Crippen LogP contribution in [0.2, 0.25) is 0 Å². The van der Waals surface area contributed by atoms with Gasteiger partial charge < -0.3 is 14.5 Å². The molecule has 0 bridgehead atoms. The number of carbonyl (C=O) groups is 2. The van der Waals surface area contributed by atoms with Gasteiger partial charge in [0.1, 0.15) is 11.4 Å². The molecule has 0 N–H and O–H groups in total. The fourth-order valence-electron chi connectivity index (χ4n) is 4.65. The van der Waals surface area contributed by atoms with Crippen LogP contribution in [0.4, 0.5) is 0 Å². The number of para-hydroxylation sites is 1. The van der Waals surface area contributed by atoms with Crippen molar-refractivity contribution >= 4 is 11.8 Å². The Balaban J connectivity index is 1.42. The van der Waals surface area contributed by atoms with Crippen LogP contribution in [0.1, 0.15) is 44.6 Å². The number of piperidine rings is 2. The molecule has 0 aliphatic carbocycles. The average molecular weight is 386 g/mol. The van der Waals surface area contributed by atoms with E-state index in [0.29, 0.717) is 19.6 Å². The maximum atomic E-state index is 12.6. The molecule has 2 saturated heterocycles. The van der Waals surface area contributed by atoms with Crippen LogP contribution in [0, 0.1) is 0 Å². The van der Waals surface area contributed by atoms with Crippen LogP contribution in [0.25, 0.3) is 0 Å². The maximum Gasteiger partial charge on any atom is 0.236 e. The van der Waals surface area contributed by atoms with E-state index in [1.54, 1.807) is 6.92 Å². The number of hydrogen-bond donors (Lipinski definition) is 0. The Morgan fingerprint density at radius 3 is 2.43 bits per heavy atom. The van der Waals surface area contributed by atoms with Crippen molar-refractivity contribution in [1.82, 2.24) is 14.7 Å². The molecule has 0 radical (unpaired) electrons. The molecule has 0 unspecified atom stereocenters. The zero-order valence-electron chi connectivity index (χ0n) is 16.9. The van der Waals surface area contributed by atoms with Crippen molar-refractivity contribution in [2.24, 2.45) is 0 Å². The van der Waals surface area contributed by atoms with E-state index in [1.165, 1.54) is 6.42 Å². The van der Waals surface area contributed by atoms with Gasteiger partial charge in [-0.25, -0.2) is 0 Å². The van der Waals surface area contributed by atoms with E-state index in [9.17, 15) is 9.59 Å². The molecule has 152 valence electrons. The maximum absolute atomic E-state index is 12.6. The number of ether oxygens (including phenoxy) is 1. The van der Waals surface area contributed by atoms with Gasteiger partial charge in [0.25, 0.3) is 0 Å². The van der Waals surface area contributed by atoms with Gasteiger partial charge in [0.2, 0.25) is 11.8 Å². The number of carbonyl (C=O) groups excluding carboxylic acids is 2. The zero-order chi connectivity index (χ0) is 19.6. The van der Waals surface area contributed by atoms with Crippen LogP contribution >= 0.6 is 0 Å². The van der Waals surface area contributed by atoms with Gasteiger partial charge in [0.05, 0.1) is 13.1 Å². The number of nitrogens with zero attached hydrogens (tertiary/aromatic N) is 3. The van der Waals surface area contributed by atoms with Gasteiger partial charge in [-0.2, -0.15) is 0 Å². The number of rotatable bonds is 2. The van der Waals surface area contributed by atoms with Gasteiger partial charge in [-0.3, -0.25) is 14.5 Å². The van der Waals surface area contributed by atoms with Crippen LogP contribution in [0.15, 0.2) is 24.3 Å². The molecule has 28 heavy (non-hydrogen) atoms. The lowest BCUT2D eigenvalue weighted by Gasteiger charge is -2.43. The Bertz CT molecular complexity index is 721. The van der Waals surface area contributed by atoms with Crippen LogP contribution < -0.4 is 4.74 Å². The molecule has 1 aromatic carbocycles. The lowest BCUT2D eigenvalue weighted by Crippen LogP contribution is -2.55. The van der Waals surface area contributed by atoms with Crippen molar-refractivity contribution in [3.05, 3.63) is 29.8 Å². The Morgan fingerprint density at radius 2 is 1.71 bits per heavy atom. The lowest BCUT2D eigenvalue weighted by atomic mass is 9.90. The van der Waals surface area contributed by atoms with Crippen molar-refractivity contribution in [2.45, 2.75) is 51.2 Å². The summed E-state index contributed by atoms with van der Waals surface area (Å²) in [6, 6.07) is 8.03. The second-order valence-corrected chi connectivity index (χ2v) is 8.49. The first-order valence-electron chi connectivity index (χ1n) is 10.6. The van der Waals surface area contributed by atoms with E-state index in [1.807, 2.05) is 34.1 Å². The van der Waals surface area contributed by atoms with E-state index < -0.39 is 0 Å². The summed E-state index contributed by atoms with van der Waals surface area (Å²) in [4.78, 5) is 30.9. The third-order valence-corrected chi connectivity index (χ3v) is 6.42. The fourth-order valence-corrected chi connectivity index (χ4v) is 4.65. The summed E-state index contributed by atoms with van der Waals surface area (Å²) in [5.41, 5.74) is 0.709. The number of fused-ring (bicyclic) bond motifs is 1. The largest absolute Gasteiger partial charge is 0.485 e. The smallest absolute Gasteiger partial charge is 0.236 e. The van der Waals surface area contributed by atoms with Crippen LogP contribution in [0.3, 0.4) is 0 Å². The highest BCUT2D eigenvalue weighted by molar-refractivity contribution is 5.78. The summed E-state index contributed by atoms with van der Waals surface area (Å²) in [6.07, 6.45) is 5.16. The van der Waals surface area contributed by atoms with E-state index in [2.05, 4.69) is 4.90 Å². The monoisotopic (exact) mass is 385 g/mol. The molecule has 0 atom stereocenters. The van der Waals surface area contributed by atoms with Crippen LogP contribution in [0.5, 0.6) is 5.75 Å². The lowest BCUT2D eigenvalue weighted by molar-refractivity contribution is -0.135. The summed E-state index contributed by atoms with van der Waals surface area (Å²) in [7, 11) is 0. The number of amides is 2. The van der Waals surface area contributed by atoms with Crippen molar-refractivity contribution in [3.8, 4) is 5.75 Å². The summed E-state index contributed by atoms with van der Waals surface area (Å²) in [5.74, 6) is 1.24. The molecule has 3 heterocycles. The highest BCUT2D eigenvalue weighted by atomic mass is 16.5. The molecule has 0 aromatic heterocycles. The summed E-state index contributed by atoms with van der Waals surface area (Å²) in [5, 5.41) is 0. The summed E-state index contributed by atoms with van der Waals surface area (Å²) < 4.78 is 6.52. The fraction of sp³-hybridized carbons (Fsp3) is 0.636. The molecule has 4 rings (SSSR count). The van der Waals surface area contributed by atoms with Gasteiger partial charge in [-0.1, -0.05) is 18.2 Å². The molecular formula is C22H31N3O3. The molecule has 3 aliphatic heterocycles. The van der Waals surface area contributed by atoms with Gasteiger partial charge in [0, 0.05) is 58.1 Å². The Hall–Kier alpha value is -2.08. The first-order valence-corrected chi connectivity index (χ1v) is 10.6. The number of likely N-dealkylation sites (tertiary alicyclic amines) is 2. The molecule has 2 fully saturated rings. The third kappa shape index (κ3) is 4.17. The van der Waals surface area contributed by atoms with Crippen LogP contribution in [-0.2, 0) is 16.1 Å². The Labute approximate surface area is 167 Å².